The molecule has 120 valence electrons. The fourth-order valence-corrected chi connectivity index (χ4v) is 3.39. The molecule has 0 bridgehead atoms. The smallest absolute Gasteiger partial charge is 0.266 e. The predicted octanol–water partition coefficient (Wildman–Crippen LogP) is 3.36. The second-order valence-electron chi connectivity index (χ2n) is 6.01. The van der Waals surface area contributed by atoms with Gasteiger partial charge in [0.05, 0.1) is 5.56 Å². The molecule has 1 fully saturated rings. The third kappa shape index (κ3) is 3.32. The zero-order chi connectivity index (χ0) is 16.4. The number of aryl methyl sites for hydroxylation is 1. The SMILES string of the molecule is Cc1ccccc1[C@H]1CCCN(C(=O)c2c[nH]c(=O)c(Cl)c2)C1. The lowest BCUT2D eigenvalue weighted by Gasteiger charge is -2.33. The van der Waals surface area contributed by atoms with Gasteiger partial charge in [0.15, 0.2) is 0 Å². The molecule has 1 aliphatic heterocycles. The van der Waals surface area contributed by atoms with Gasteiger partial charge in [0.1, 0.15) is 5.02 Å². The van der Waals surface area contributed by atoms with Gasteiger partial charge in [0.25, 0.3) is 11.5 Å². The summed E-state index contributed by atoms with van der Waals surface area (Å²) in [5, 5.41) is 0.0447. The van der Waals surface area contributed by atoms with Crippen molar-refractivity contribution in [3.8, 4) is 0 Å². The summed E-state index contributed by atoms with van der Waals surface area (Å²) < 4.78 is 0. The molecule has 0 spiro atoms. The van der Waals surface area contributed by atoms with E-state index in [1.165, 1.54) is 23.4 Å². The predicted molar refractivity (Wildman–Crippen MR) is 91.1 cm³/mol. The highest BCUT2D eigenvalue weighted by Gasteiger charge is 2.26. The van der Waals surface area contributed by atoms with Crippen LogP contribution in [0.4, 0.5) is 0 Å². The summed E-state index contributed by atoms with van der Waals surface area (Å²) in [5.41, 5.74) is 2.63. The van der Waals surface area contributed by atoms with Crippen LogP contribution < -0.4 is 5.56 Å². The Hall–Kier alpha value is -2.07. The summed E-state index contributed by atoms with van der Waals surface area (Å²) in [4.78, 5) is 28.4. The first-order valence-corrected chi connectivity index (χ1v) is 8.17. The number of benzene rings is 1. The van der Waals surface area contributed by atoms with Crippen molar-refractivity contribution in [3.05, 3.63) is 68.6 Å². The van der Waals surface area contributed by atoms with Crippen LogP contribution in [-0.2, 0) is 0 Å². The van der Waals surface area contributed by atoms with Crippen LogP contribution in [0.2, 0.25) is 5.02 Å². The minimum absolute atomic E-state index is 0.0447. The van der Waals surface area contributed by atoms with E-state index in [0.29, 0.717) is 18.0 Å². The number of halogens is 1. The molecule has 1 atom stereocenters. The minimum atomic E-state index is -0.375. The van der Waals surface area contributed by atoms with E-state index < -0.39 is 0 Å². The molecule has 1 aromatic heterocycles. The fraction of sp³-hybridized carbons (Fsp3) is 0.333. The Kier molecular flexibility index (Phi) is 4.53. The summed E-state index contributed by atoms with van der Waals surface area (Å²) in [6.45, 7) is 3.54. The van der Waals surface area contributed by atoms with Gasteiger partial charge in [-0.3, -0.25) is 9.59 Å². The number of likely N-dealkylation sites (tertiary alicyclic amines) is 1. The number of piperidine rings is 1. The molecule has 5 heteroatoms. The summed E-state index contributed by atoms with van der Waals surface area (Å²) in [6, 6.07) is 9.78. The Bertz CT molecular complexity index is 785. The van der Waals surface area contributed by atoms with Gasteiger partial charge in [-0.15, -0.1) is 0 Å². The van der Waals surface area contributed by atoms with Gasteiger partial charge < -0.3 is 9.88 Å². The lowest BCUT2D eigenvalue weighted by Crippen LogP contribution is -2.39. The first-order chi connectivity index (χ1) is 11.1. The third-order valence-electron chi connectivity index (χ3n) is 4.44. The molecule has 0 saturated carbocycles. The van der Waals surface area contributed by atoms with Gasteiger partial charge in [-0.2, -0.15) is 0 Å². The van der Waals surface area contributed by atoms with Crippen molar-refractivity contribution in [2.45, 2.75) is 25.7 Å². The molecule has 1 saturated heterocycles. The maximum Gasteiger partial charge on any atom is 0.266 e. The first kappa shape index (κ1) is 15.8. The van der Waals surface area contributed by atoms with Gasteiger partial charge in [-0.1, -0.05) is 35.9 Å². The van der Waals surface area contributed by atoms with Crippen molar-refractivity contribution in [3.63, 3.8) is 0 Å². The molecule has 1 aromatic carbocycles. The van der Waals surface area contributed by atoms with E-state index in [2.05, 4.69) is 24.0 Å². The second kappa shape index (κ2) is 6.59. The number of aromatic amines is 1. The quantitative estimate of drug-likeness (QED) is 0.918. The van der Waals surface area contributed by atoms with Crippen LogP contribution in [0.15, 0.2) is 41.3 Å². The van der Waals surface area contributed by atoms with Crippen LogP contribution in [0.25, 0.3) is 0 Å². The third-order valence-corrected chi connectivity index (χ3v) is 4.72. The summed E-state index contributed by atoms with van der Waals surface area (Å²) in [7, 11) is 0. The number of hydrogen-bond donors (Lipinski definition) is 1. The summed E-state index contributed by atoms with van der Waals surface area (Å²) >= 11 is 5.83. The monoisotopic (exact) mass is 330 g/mol. The van der Waals surface area contributed by atoms with Gasteiger partial charge in [0.2, 0.25) is 0 Å². The molecule has 2 heterocycles. The van der Waals surface area contributed by atoms with Crippen molar-refractivity contribution in [1.29, 1.82) is 0 Å². The van der Waals surface area contributed by atoms with E-state index in [-0.39, 0.29) is 16.5 Å². The van der Waals surface area contributed by atoms with Gasteiger partial charge in [0, 0.05) is 25.2 Å². The largest absolute Gasteiger partial charge is 0.338 e. The van der Waals surface area contributed by atoms with Crippen molar-refractivity contribution in [1.82, 2.24) is 9.88 Å². The molecule has 23 heavy (non-hydrogen) atoms. The lowest BCUT2D eigenvalue weighted by molar-refractivity contribution is 0.0706. The lowest BCUT2D eigenvalue weighted by atomic mass is 9.88. The normalized spacial score (nSPS) is 18.0. The number of carbonyl (C=O) groups is 1. The van der Waals surface area contributed by atoms with E-state index >= 15 is 0 Å². The molecule has 1 N–H and O–H groups in total. The number of H-pyrrole nitrogens is 1. The summed E-state index contributed by atoms with van der Waals surface area (Å²) in [6.07, 6.45) is 3.50. The topological polar surface area (TPSA) is 53.2 Å². The average molecular weight is 331 g/mol. The average Bonchev–Trinajstić information content (AvgIpc) is 2.57. The van der Waals surface area contributed by atoms with E-state index in [4.69, 9.17) is 11.6 Å². The van der Waals surface area contributed by atoms with Crippen molar-refractivity contribution in [2.75, 3.05) is 13.1 Å². The Morgan fingerprint density at radius 1 is 1.35 bits per heavy atom. The summed E-state index contributed by atoms with van der Waals surface area (Å²) in [5.74, 6) is 0.272. The zero-order valence-electron chi connectivity index (χ0n) is 13.0. The number of rotatable bonds is 2. The fourth-order valence-electron chi connectivity index (χ4n) is 3.22. The molecule has 0 radical (unpaired) electrons. The highest BCUT2D eigenvalue weighted by atomic mass is 35.5. The number of amides is 1. The number of nitrogens with zero attached hydrogens (tertiary/aromatic N) is 1. The second-order valence-corrected chi connectivity index (χ2v) is 6.42. The van der Waals surface area contributed by atoms with E-state index in [9.17, 15) is 9.59 Å². The van der Waals surface area contributed by atoms with E-state index in [0.717, 1.165) is 19.4 Å². The van der Waals surface area contributed by atoms with Crippen LogP contribution in [-0.4, -0.2) is 28.9 Å². The molecule has 0 aliphatic carbocycles. The van der Waals surface area contributed by atoms with Gasteiger partial charge >= 0.3 is 0 Å². The number of nitrogens with one attached hydrogen (secondary N) is 1. The first-order valence-electron chi connectivity index (χ1n) is 7.79. The molecule has 2 aromatic rings. The van der Waals surface area contributed by atoms with Crippen LogP contribution >= 0.6 is 11.6 Å². The molecule has 0 unspecified atom stereocenters. The van der Waals surface area contributed by atoms with Crippen molar-refractivity contribution in [2.24, 2.45) is 0 Å². The van der Waals surface area contributed by atoms with Crippen LogP contribution in [0.1, 0.15) is 40.2 Å². The molecule has 4 nitrogen and oxygen atoms in total. The van der Waals surface area contributed by atoms with Gasteiger partial charge in [-0.05, 0) is 37.0 Å². The number of hydrogen-bond acceptors (Lipinski definition) is 2. The van der Waals surface area contributed by atoms with Crippen LogP contribution in [0.5, 0.6) is 0 Å². The van der Waals surface area contributed by atoms with Crippen molar-refractivity contribution < 1.29 is 4.79 Å². The highest BCUT2D eigenvalue weighted by Crippen LogP contribution is 2.29. The Morgan fingerprint density at radius 2 is 2.13 bits per heavy atom. The maximum absolute atomic E-state index is 12.7. The van der Waals surface area contributed by atoms with Gasteiger partial charge in [-0.25, -0.2) is 0 Å². The number of carbonyl (C=O) groups excluding carboxylic acids is 1. The molecule has 3 rings (SSSR count). The minimum Gasteiger partial charge on any atom is -0.338 e. The Labute approximate surface area is 140 Å². The Morgan fingerprint density at radius 3 is 2.87 bits per heavy atom. The number of pyridine rings is 1. The number of aromatic nitrogens is 1. The van der Waals surface area contributed by atoms with Crippen molar-refractivity contribution >= 4 is 17.5 Å². The molecular formula is C18H19ClN2O2. The Balaban J connectivity index is 1.80. The van der Waals surface area contributed by atoms with Crippen LogP contribution in [0, 0.1) is 6.92 Å². The molecular weight excluding hydrogens is 312 g/mol. The molecule has 1 aliphatic rings. The molecule has 1 amide bonds. The highest BCUT2D eigenvalue weighted by molar-refractivity contribution is 6.30. The standard InChI is InChI=1S/C18H19ClN2O2/c1-12-5-2-3-7-15(12)13-6-4-8-21(11-13)18(23)14-9-16(19)17(22)20-10-14/h2-3,5,7,9-10,13H,4,6,8,11H2,1H3,(H,20,22)/t13-/m0/s1. The van der Waals surface area contributed by atoms with Crippen LogP contribution in [0.3, 0.4) is 0 Å². The van der Waals surface area contributed by atoms with E-state index in [1.54, 1.807) is 0 Å². The maximum atomic E-state index is 12.7. The van der Waals surface area contributed by atoms with E-state index in [1.807, 2.05) is 17.0 Å². The zero-order valence-corrected chi connectivity index (χ0v) is 13.8.